The second-order valence-corrected chi connectivity index (χ2v) is 9.03. The van der Waals surface area contributed by atoms with Gasteiger partial charge < -0.3 is 15.5 Å². The molecule has 0 saturated heterocycles. The number of phenolic OH excluding ortho intramolecular Hbond substituents is 1. The molecule has 0 spiro atoms. The fourth-order valence-electron chi connectivity index (χ4n) is 4.38. The van der Waals surface area contributed by atoms with Gasteiger partial charge >= 0.3 is 0 Å². The lowest BCUT2D eigenvalue weighted by atomic mass is 9.89. The van der Waals surface area contributed by atoms with Crippen LogP contribution in [0.25, 0.3) is 0 Å². The smallest absolute Gasteiger partial charge is 0.268 e. The van der Waals surface area contributed by atoms with Crippen LogP contribution in [0.4, 0.5) is 5.69 Å². The Hall–Kier alpha value is -2.28. The fourth-order valence-corrected chi connectivity index (χ4v) is 4.87. The van der Waals surface area contributed by atoms with Crippen LogP contribution in [0.2, 0.25) is 10.0 Å². The lowest BCUT2D eigenvalue weighted by Gasteiger charge is -2.29. The number of carbonyl (C=O) groups is 1. The minimum Gasteiger partial charge on any atom is -0.508 e. The summed E-state index contributed by atoms with van der Waals surface area (Å²) in [5, 5.41) is 30.3. The second-order valence-electron chi connectivity index (χ2n) is 8.18. The van der Waals surface area contributed by atoms with E-state index in [1.807, 2.05) is 19.1 Å². The number of aromatic hydroxyl groups is 1. The van der Waals surface area contributed by atoms with E-state index in [9.17, 15) is 15.0 Å². The highest BCUT2D eigenvalue weighted by atomic mass is 35.5. The molecule has 4 rings (SSSR count). The molecular formula is C23H25Cl2N3O3. The molecule has 2 aliphatic rings. The van der Waals surface area contributed by atoms with E-state index in [0.29, 0.717) is 27.9 Å². The molecule has 1 fully saturated rings. The first-order valence-corrected chi connectivity index (χ1v) is 11.2. The molecule has 2 aromatic carbocycles. The van der Waals surface area contributed by atoms with E-state index < -0.39 is 6.10 Å². The summed E-state index contributed by atoms with van der Waals surface area (Å²) in [7, 11) is 0. The molecule has 1 heterocycles. The van der Waals surface area contributed by atoms with Crippen LogP contribution in [0.5, 0.6) is 5.75 Å². The molecule has 8 heteroatoms. The summed E-state index contributed by atoms with van der Waals surface area (Å²) < 4.78 is 0. The van der Waals surface area contributed by atoms with Gasteiger partial charge in [-0.25, -0.2) is 0 Å². The van der Waals surface area contributed by atoms with E-state index in [0.717, 1.165) is 24.8 Å². The third-order valence-electron chi connectivity index (χ3n) is 6.05. The Kier molecular flexibility index (Phi) is 6.42. The van der Waals surface area contributed by atoms with Crippen molar-refractivity contribution >= 4 is 40.5 Å². The van der Waals surface area contributed by atoms with Crippen molar-refractivity contribution in [2.24, 2.45) is 11.0 Å². The molecule has 1 amide bonds. The zero-order valence-electron chi connectivity index (χ0n) is 17.1. The number of nitrogens with one attached hydrogen (secondary N) is 1. The normalized spacial score (nSPS) is 25.9. The van der Waals surface area contributed by atoms with Gasteiger partial charge in [-0.2, -0.15) is 5.10 Å². The number of carbonyl (C=O) groups excluding carboxylic acids is 1. The number of hydrogen-bond donors (Lipinski definition) is 3. The van der Waals surface area contributed by atoms with Crippen LogP contribution in [0.3, 0.4) is 0 Å². The number of hydrazone groups is 1. The van der Waals surface area contributed by atoms with Crippen LogP contribution in [0, 0.1) is 5.92 Å². The van der Waals surface area contributed by atoms with Crippen LogP contribution >= 0.6 is 23.2 Å². The Bertz CT molecular complexity index is 996. The molecule has 2 aromatic rings. The van der Waals surface area contributed by atoms with Crippen LogP contribution < -0.4 is 10.3 Å². The van der Waals surface area contributed by atoms with Gasteiger partial charge in [0.1, 0.15) is 11.5 Å². The van der Waals surface area contributed by atoms with E-state index in [-0.39, 0.29) is 29.7 Å². The molecule has 1 aliphatic heterocycles. The molecule has 2 unspecified atom stereocenters. The third-order valence-corrected chi connectivity index (χ3v) is 6.59. The molecule has 1 aliphatic carbocycles. The van der Waals surface area contributed by atoms with Crippen LogP contribution in [-0.4, -0.2) is 34.0 Å². The van der Waals surface area contributed by atoms with Gasteiger partial charge in [0.05, 0.1) is 28.9 Å². The number of aliphatic hydroxyl groups is 1. The van der Waals surface area contributed by atoms with Crippen molar-refractivity contribution in [2.75, 3.05) is 5.01 Å². The number of benzene rings is 2. The molecule has 3 N–H and O–H groups in total. The Morgan fingerprint density at radius 1 is 1.13 bits per heavy atom. The quantitative estimate of drug-likeness (QED) is 0.617. The number of aliphatic hydroxyl groups excluding tert-OH is 1. The van der Waals surface area contributed by atoms with E-state index in [1.54, 1.807) is 35.3 Å². The van der Waals surface area contributed by atoms with Crippen molar-refractivity contribution in [1.82, 2.24) is 5.32 Å². The maximum absolute atomic E-state index is 13.1. The highest BCUT2D eigenvalue weighted by Gasteiger charge is 2.41. The van der Waals surface area contributed by atoms with Crippen molar-refractivity contribution in [3.63, 3.8) is 0 Å². The maximum Gasteiger partial charge on any atom is 0.268 e. The zero-order valence-corrected chi connectivity index (χ0v) is 18.6. The van der Waals surface area contributed by atoms with Gasteiger partial charge in [-0.3, -0.25) is 9.80 Å². The van der Waals surface area contributed by atoms with Gasteiger partial charge in [-0.15, -0.1) is 0 Å². The molecule has 0 radical (unpaired) electrons. The highest BCUT2D eigenvalue weighted by Crippen LogP contribution is 2.42. The summed E-state index contributed by atoms with van der Waals surface area (Å²) in [6, 6.07) is 11.4. The number of amides is 1. The van der Waals surface area contributed by atoms with Crippen LogP contribution in [0.1, 0.15) is 44.2 Å². The summed E-state index contributed by atoms with van der Waals surface area (Å²) in [6.45, 7) is 1.94. The topological polar surface area (TPSA) is 85.2 Å². The van der Waals surface area contributed by atoms with Crippen molar-refractivity contribution in [1.29, 1.82) is 0 Å². The highest BCUT2D eigenvalue weighted by molar-refractivity contribution is 6.41. The average molecular weight is 462 g/mol. The van der Waals surface area contributed by atoms with Gasteiger partial charge in [-0.1, -0.05) is 55.1 Å². The van der Waals surface area contributed by atoms with Crippen LogP contribution in [0.15, 0.2) is 47.6 Å². The second kappa shape index (κ2) is 9.07. The van der Waals surface area contributed by atoms with E-state index >= 15 is 0 Å². The number of rotatable bonds is 4. The zero-order chi connectivity index (χ0) is 22.1. The van der Waals surface area contributed by atoms with Gasteiger partial charge in [0, 0.05) is 10.9 Å². The molecule has 1 saturated carbocycles. The summed E-state index contributed by atoms with van der Waals surface area (Å²) in [4.78, 5) is 13.1. The molecule has 164 valence electrons. The van der Waals surface area contributed by atoms with Crippen molar-refractivity contribution in [3.8, 4) is 5.75 Å². The number of hydrogen-bond acceptors (Lipinski definition) is 5. The Balaban J connectivity index is 1.68. The Labute approximate surface area is 191 Å². The Morgan fingerprint density at radius 2 is 1.84 bits per heavy atom. The summed E-state index contributed by atoms with van der Waals surface area (Å²) in [6.07, 6.45) is 2.85. The monoisotopic (exact) mass is 461 g/mol. The first kappa shape index (κ1) is 21.9. The first-order valence-electron chi connectivity index (χ1n) is 10.5. The minimum atomic E-state index is -0.537. The lowest BCUT2D eigenvalue weighted by molar-refractivity contribution is -0.116. The van der Waals surface area contributed by atoms with Gasteiger partial charge in [0.2, 0.25) is 0 Å². The number of phenols is 1. The van der Waals surface area contributed by atoms with Crippen molar-refractivity contribution in [3.05, 3.63) is 58.1 Å². The first-order chi connectivity index (χ1) is 14.8. The van der Waals surface area contributed by atoms with Gasteiger partial charge in [-0.05, 0) is 48.7 Å². The summed E-state index contributed by atoms with van der Waals surface area (Å²) >= 11 is 12.5. The molecule has 31 heavy (non-hydrogen) atoms. The lowest BCUT2D eigenvalue weighted by Crippen LogP contribution is -2.48. The number of nitrogens with zero attached hydrogens (tertiary/aromatic N) is 2. The van der Waals surface area contributed by atoms with Gasteiger partial charge in [0.25, 0.3) is 5.91 Å². The fraction of sp³-hybridized carbons (Fsp3) is 0.391. The van der Waals surface area contributed by atoms with E-state index in [1.165, 1.54) is 0 Å². The molecule has 4 atom stereocenters. The van der Waals surface area contributed by atoms with Crippen molar-refractivity contribution < 1.29 is 15.0 Å². The molecular weight excluding hydrogens is 437 g/mol. The Morgan fingerprint density at radius 3 is 2.52 bits per heavy atom. The standard InChI is InChI=1S/C23H25Cl2N3O3/c1-13-21(23(31)26-18-4-2-3-5-20(18)30)27-28(19-11-8-15(24)12-17(19)25)22(13)14-6-9-16(29)10-7-14/h6-13,18,20,22,29-30H,2-5H2,1H3,(H,26,31)/t13?,18-,20-,22?/m0/s1. The summed E-state index contributed by atoms with van der Waals surface area (Å²) in [5.74, 6) is -0.373. The van der Waals surface area contributed by atoms with Crippen molar-refractivity contribution in [2.45, 2.75) is 50.8 Å². The third kappa shape index (κ3) is 4.52. The molecule has 0 bridgehead atoms. The summed E-state index contributed by atoms with van der Waals surface area (Å²) in [5.41, 5.74) is 1.90. The average Bonchev–Trinajstić information content (AvgIpc) is 3.07. The predicted molar refractivity (Wildman–Crippen MR) is 123 cm³/mol. The molecule has 6 nitrogen and oxygen atoms in total. The number of halogens is 2. The van der Waals surface area contributed by atoms with E-state index in [4.69, 9.17) is 23.2 Å². The predicted octanol–water partition coefficient (Wildman–Crippen LogP) is 4.67. The van der Waals surface area contributed by atoms with E-state index in [2.05, 4.69) is 10.4 Å². The van der Waals surface area contributed by atoms with Crippen LogP contribution in [-0.2, 0) is 4.79 Å². The largest absolute Gasteiger partial charge is 0.508 e. The number of anilines is 1. The SMILES string of the molecule is CC1C(C(=O)N[C@H]2CCCC[C@@H]2O)=NN(c2ccc(Cl)cc2Cl)C1c1ccc(O)cc1. The minimum absolute atomic E-state index is 0.163. The molecule has 0 aromatic heterocycles. The van der Waals surface area contributed by atoms with Gasteiger partial charge in [0.15, 0.2) is 0 Å². The maximum atomic E-state index is 13.1.